The van der Waals surface area contributed by atoms with Gasteiger partial charge in [-0.3, -0.25) is 4.98 Å². The lowest BCUT2D eigenvalue weighted by Crippen LogP contribution is -2.29. The van der Waals surface area contributed by atoms with E-state index in [0.717, 1.165) is 29.2 Å². The van der Waals surface area contributed by atoms with Crippen molar-refractivity contribution in [3.8, 4) is 11.3 Å². The molecule has 2 unspecified atom stereocenters. The summed E-state index contributed by atoms with van der Waals surface area (Å²) < 4.78 is 0. The van der Waals surface area contributed by atoms with Gasteiger partial charge in [-0.15, -0.1) is 0 Å². The molecule has 4 rings (SSSR count). The van der Waals surface area contributed by atoms with Crippen LogP contribution in [0.5, 0.6) is 0 Å². The van der Waals surface area contributed by atoms with Gasteiger partial charge in [0.1, 0.15) is 12.1 Å². The predicted octanol–water partition coefficient (Wildman–Crippen LogP) is 3.78. The average Bonchev–Trinajstić information content (AvgIpc) is 3.04. The largest absolute Gasteiger partial charge is 0.354 e. The van der Waals surface area contributed by atoms with Gasteiger partial charge in [0.2, 0.25) is 0 Å². The summed E-state index contributed by atoms with van der Waals surface area (Å²) in [5.41, 5.74) is 9.30. The van der Waals surface area contributed by atoms with Crippen LogP contribution in [0.3, 0.4) is 0 Å². The second kappa shape index (κ2) is 7.19. The van der Waals surface area contributed by atoms with E-state index in [0.29, 0.717) is 16.6 Å². The maximum Gasteiger partial charge on any atom is 0.132 e. The molecular weight excluding hydrogens is 369 g/mol. The molecular formula is C19H17Cl2N5. The smallest absolute Gasteiger partial charge is 0.132 e. The zero-order valence-electron chi connectivity index (χ0n) is 13.9. The van der Waals surface area contributed by atoms with Gasteiger partial charge in [0, 0.05) is 59.1 Å². The maximum atomic E-state index is 6.41. The first-order valence-corrected chi connectivity index (χ1v) is 9.05. The van der Waals surface area contributed by atoms with Gasteiger partial charge in [-0.1, -0.05) is 29.3 Å². The Kier molecular flexibility index (Phi) is 4.76. The Bertz CT molecular complexity index is 919. The van der Waals surface area contributed by atoms with Gasteiger partial charge in [0.05, 0.1) is 5.69 Å². The van der Waals surface area contributed by atoms with E-state index in [1.54, 1.807) is 24.8 Å². The van der Waals surface area contributed by atoms with E-state index in [1.165, 1.54) is 0 Å². The summed E-state index contributed by atoms with van der Waals surface area (Å²) in [4.78, 5) is 15.0. The first kappa shape index (κ1) is 17.2. The highest BCUT2D eigenvalue weighted by Gasteiger charge is 2.33. The summed E-state index contributed by atoms with van der Waals surface area (Å²) >= 11 is 12.4. The van der Waals surface area contributed by atoms with Crippen molar-refractivity contribution < 1.29 is 0 Å². The fraction of sp³-hybridized carbons (Fsp3) is 0.211. The zero-order valence-corrected chi connectivity index (χ0v) is 15.4. The minimum Gasteiger partial charge on any atom is -0.354 e. The maximum absolute atomic E-state index is 6.41. The predicted molar refractivity (Wildman–Crippen MR) is 105 cm³/mol. The number of pyridine rings is 1. The molecule has 2 N–H and O–H groups in total. The summed E-state index contributed by atoms with van der Waals surface area (Å²) in [5, 5.41) is 1.28. The lowest BCUT2D eigenvalue weighted by molar-refractivity contribution is 0.653. The monoisotopic (exact) mass is 385 g/mol. The van der Waals surface area contributed by atoms with E-state index >= 15 is 0 Å². The molecule has 1 fully saturated rings. The number of benzene rings is 1. The first-order valence-electron chi connectivity index (χ1n) is 8.30. The average molecular weight is 386 g/mol. The fourth-order valence-corrected chi connectivity index (χ4v) is 3.90. The Hall–Kier alpha value is -2.21. The van der Waals surface area contributed by atoms with Crippen LogP contribution in [0, 0.1) is 0 Å². The molecule has 3 heterocycles. The molecule has 2 atom stereocenters. The van der Waals surface area contributed by atoms with Crippen molar-refractivity contribution in [2.45, 2.75) is 12.0 Å². The quantitative estimate of drug-likeness (QED) is 0.742. The first-order chi connectivity index (χ1) is 12.6. The third-order valence-electron chi connectivity index (χ3n) is 4.68. The highest BCUT2D eigenvalue weighted by Crippen LogP contribution is 2.35. The van der Waals surface area contributed by atoms with Gasteiger partial charge >= 0.3 is 0 Å². The molecule has 0 bridgehead atoms. The second-order valence-corrected chi connectivity index (χ2v) is 7.18. The Morgan fingerprint density at radius 3 is 2.58 bits per heavy atom. The summed E-state index contributed by atoms with van der Waals surface area (Å²) in [7, 11) is 0. The Labute approximate surface area is 161 Å². The van der Waals surface area contributed by atoms with E-state index < -0.39 is 0 Å². The summed E-state index contributed by atoms with van der Waals surface area (Å²) in [6.07, 6.45) is 5.09. The molecule has 1 aliphatic rings. The highest BCUT2D eigenvalue weighted by molar-refractivity contribution is 6.35. The van der Waals surface area contributed by atoms with Gasteiger partial charge in [-0.05, 0) is 29.8 Å². The van der Waals surface area contributed by atoms with Gasteiger partial charge < -0.3 is 10.6 Å². The number of rotatable bonds is 3. The van der Waals surface area contributed by atoms with E-state index in [4.69, 9.17) is 28.9 Å². The van der Waals surface area contributed by atoms with Gasteiger partial charge in [-0.2, -0.15) is 0 Å². The lowest BCUT2D eigenvalue weighted by atomic mass is 9.95. The molecule has 1 aliphatic heterocycles. The number of nitrogens with zero attached hydrogens (tertiary/aromatic N) is 4. The minimum absolute atomic E-state index is 0.0342. The van der Waals surface area contributed by atoms with Crippen LogP contribution in [-0.2, 0) is 0 Å². The number of hydrogen-bond acceptors (Lipinski definition) is 5. The van der Waals surface area contributed by atoms with Crippen LogP contribution in [0.2, 0.25) is 10.0 Å². The Morgan fingerprint density at radius 2 is 1.81 bits per heavy atom. The topological polar surface area (TPSA) is 67.9 Å². The van der Waals surface area contributed by atoms with Crippen molar-refractivity contribution in [2.24, 2.45) is 5.73 Å². The van der Waals surface area contributed by atoms with Crippen molar-refractivity contribution in [3.63, 3.8) is 0 Å². The van der Waals surface area contributed by atoms with Crippen molar-refractivity contribution in [1.29, 1.82) is 0 Å². The molecule has 0 saturated carbocycles. The number of halogens is 2. The van der Waals surface area contributed by atoms with E-state index in [9.17, 15) is 0 Å². The molecule has 1 saturated heterocycles. The number of aromatic nitrogens is 3. The molecule has 0 spiro atoms. The number of nitrogens with two attached hydrogens (primary N) is 1. The summed E-state index contributed by atoms with van der Waals surface area (Å²) in [6, 6.07) is 11.4. The van der Waals surface area contributed by atoms with Crippen molar-refractivity contribution >= 4 is 29.0 Å². The van der Waals surface area contributed by atoms with E-state index in [-0.39, 0.29) is 12.0 Å². The molecule has 5 nitrogen and oxygen atoms in total. The molecule has 3 aromatic rings. The number of hydrogen-bond donors (Lipinski definition) is 1. The zero-order chi connectivity index (χ0) is 18.1. The molecule has 26 heavy (non-hydrogen) atoms. The van der Waals surface area contributed by atoms with Crippen LogP contribution < -0.4 is 10.6 Å². The third-order valence-corrected chi connectivity index (χ3v) is 5.24. The molecule has 0 radical (unpaired) electrons. The minimum atomic E-state index is -0.0342. The Balaban J connectivity index is 1.60. The van der Waals surface area contributed by atoms with Gasteiger partial charge in [0.15, 0.2) is 0 Å². The van der Waals surface area contributed by atoms with Crippen molar-refractivity contribution in [3.05, 3.63) is 70.7 Å². The number of anilines is 1. The summed E-state index contributed by atoms with van der Waals surface area (Å²) in [5.74, 6) is 0.981. The van der Waals surface area contributed by atoms with Crippen LogP contribution in [0.25, 0.3) is 11.3 Å². The molecule has 0 amide bonds. The molecule has 132 valence electrons. The molecule has 0 aliphatic carbocycles. The second-order valence-electron chi connectivity index (χ2n) is 6.34. The van der Waals surface area contributed by atoms with Crippen LogP contribution in [-0.4, -0.2) is 34.1 Å². The molecule has 7 heteroatoms. The van der Waals surface area contributed by atoms with Crippen LogP contribution >= 0.6 is 23.2 Å². The lowest BCUT2D eigenvalue weighted by Gasteiger charge is -2.18. The Morgan fingerprint density at radius 1 is 1.00 bits per heavy atom. The van der Waals surface area contributed by atoms with Crippen molar-refractivity contribution in [1.82, 2.24) is 15.0 Å². The highest BCUT2D eigenvalue weighted by atomic mass is 35.5. The molecule has 1 aromatic carbocycles. The molecule has 2 aromatic heterocycles. The SMILES string of the molecule is NC1CN(c2cc(-c3ccncc3)ncn2)CC1c1ccc(Cl)cc1Cl. The van der Waals surface area contributed by atoms with Gasteiger partial charge in [0.25, 0.3) is 0 Å². The van der Waals surface area contributed by atoms with Crippen LogP contribution in [0.1, 0.15) is 11.5 Å². The summed E-state index contributed by atoms with van der Waals surface area (Å²) in [6.45, 7) is 1.45. The fourth-order valence-electron chi connectivity index (χ4n) is 3.35. The van der Waals surface area contributed by atoms with E-state index in [1.807, 2.05) is 30.3 Å². The van der Waals surface area contributed by atoms with E-state index in [2.05, 4.69) is 19.9 Å². The van der Waals surface area contributed by atoms with Gasteiger partial charge in [-0.25, -0.2) is 9.97 Å². The third kappa shape index (κ3) is 3.38. The van der Waals surface area contributed by atoms with Crippen LogP contribution in [0.15, 0.2) is 55.1 Å². The van der Waals surface area contributed by atoms with Crippen LogP contribution in [0.4, 0.5) is 5.82 Å². The van der Waals surface area contributed by atoms with Crippen molar-refractivity contribution in [2.75, 3.05) is 18.0 Å². The normalized spacial score (nSPS) is 19.7. The standard InChI is InChI=1S/C19H17Cl2N5/c20-13-1-2-14(16(21)7-13)15-9-26(10-17(15)22)19-8-18(24-11-25-19)12-3-5-23-6-4-12/h1-8,11,15,17H,9-10,22H2.